The molecule has 0 bridgehead atoms. The fourth-order valence-electron chi connectivity index (χ4n) is 3.09. The van der Waals surface area contributed by atoms with Crippen LogP contribution < -0.4 is 14.4 Å². The highest BCUT2D eigenvalue weighted by Crippen LogP contribution is 2.26. The van der Waals surface area contributed by atoms with Crippen LogP contribution in [0.5, 0.6) is 11.6 Å². The lowest BCUT2D eigenvalue weighted by molar-refractivity contribution is -0.274. The molecule has 1 fully saturated rings. The van der Waals surface area contributed by atoms with Gasteiger partial charge in [0.1, 0.15) is 11.9 Å². The molecule has 1 saturated heterocycles. The number of alkyl halides is 3. The number of piperidine rings is 1. The zero-order chi connectivity index (χ0) is 21.0. The van der Waals surface area contributed by atoms with Gasteiger partial charge in [0.05, 0.1) is 6.54 Å². The molecule has 1 aromatic heterocycles. The Morgan fingerprint density at radius 3 is 2.72 bits per heavy atom. The number of hydrogen-bond acceptors (Lipinski definition) is 6. The van der Waals surface area contributed by atoms with E-state index in [1.807, 2.05) is 14.1 Å². The molecule has 1 aliphatic heterocycles. The lowest BCUT2D eigenvalue weighted by Crippen LogP contribution is -2.44. The lowest BCUT2D eigenvalue weighted by Gasteiger charge is -2.33. The lowest BCUT2D eigenvalue weighted by atomic mass is 10.1. The minimum Gasteiger partial charge on any atom is -0.470 e. The number of carbonyl (C=O) groups is 1. The van der Waals surface area contributed by atoms with Gasteiger partial charge in [-0.05, 0) is 31.0 Å². The van der Waals surface area contributed by atoms with Crippen LogP contribution in [0.3, 0.4) is 0 Å². The van der Waals surface area contributed by atoms with Gasteiger partial charge in [-0.1, -0.05) is 6.07 Å². The fraction of sp³-hybridized carbons (Fsp3) is 0.421. The Kier molecular flexibility index (Phi) is 6.09. The summed E-state index contributed by atoms with van der Waals surface area (Å²) in [6, 6.07) is 5.06. The Balaban J connectivity index is 1.69. The number of benzene rings is 1. The number of carbonyl (C=O) groups excluding carboxylic acids is 1. The maximum Gasteiger partial charge on any atom is 0.573 e. The van der Waals surface area contributed by atoms with Crippen LogP contribution in [-0.4, -0.2) is 60.4 Å². The first-order chi connectivity index (χ1) is 13.7. The summed E-state index contributed by atoms with van der Waals surface area (Å²) in [5.41, 5.74) is 0.126. The van der Waals surface area contributed by atoms with Crippen molar-refractivity contribution >= 4 is 11.7 Å². The number of hydrogen-bond donors (Lipinski definition) is 0. The molecule has 3 rings (SSSR count). The largest absolute Gasteiger partial charge is 0.573 e. The minimum absolute atomic E-state index is 0.126. The van der Waals surface area contributed by atoms with E-state index < -0.39 is 12.1 Å². The quantitative estimate of drug-likeness (QED) is 0.755. The monoisotopic (exact) mass is 410 g/mol. The number of anilines is 1. The van der Waals surface area contributed by atoms with Crippen LogP contribution in [0.15, 0.2) is 36.7 Å². The van der Waals surface area contributed by atoms with Gasteiger partial charge in [0.2, 0.25) is 0 Å². The molecule has 7 nitrogen and oxygen atoms in total. The molecule has 156 valence electrons. The van der Waals surface area contributed by atoms with E-state index >= 15 is 0 Å². The molecule has 0 N–H and O–H groups in total. The van der Waals surface area contributed by atoms with Crippen molar-refractivity contribution in [3.63, 3.8) is 0 Å². The second-order valence-electron chi connectivity index (χ2n) is 6.79. The van der Waals surface area contributed by atoms with Crippen LogP contribution in [0.2, 0.25) is 0 Å². The van der Waals surface area contributed by atoms with Crippen molar-refractivity contribution in [2.24, 2.45) is 0 Å². The van der Waals surface area contributed by atoms with E-state index in [1.165, 1.54) is 18.3 Å². The van der Waals surface area contributed by atoms with Crippen LogP contribution in [0.4, 0.5) is 19.0 Å². The molecule has 0 saturated carbocycles. The third-order valence-electron chi connectivity index (χ3n) is 4.33. The average molecular weight is 410 g/mol. The third kappa shape index (κ3) is 5.49. The van der Waals surface area contributed by atoms with Crippen LogP contribution in [-0.2, 0) is 0 Å². The van der Waals surface area contributed by atoms with Crippen LogP contribution in [0.1, 0.15) is 23.2 Å². The molecule has 0 aliphatic carbocycles. The van der Waals surface area contributed by atoms with Gasteiger partial charge in [-0.15, -0.1) is 13.2 Å². The number of aromatic nitrogens is 2. The molecule has 1 aromatic carbocycles. The van der Waals surface area contributed by atoms with E-state index in [0.29, 0.717) is 31.2 Å². The maximum absolute atomic E-state index is 12.8. The van der Waals surface area contributed by atoms with E-state index in [0.717, 1.165) is 18.6 Å². The molecule has 1 amide bonds. The predicted molar refractivity (Wildman–Crippen MR) is 99.0 cm³/mol. The average Bonchev–Trinajstić information content (AvgIpc) is 2.67. The SMILES string of the molecule is CN(C)c1nccnc1OC1CCCN(C(=O)c2cccc(OC(F)(F)F)c2)C1. The smallest absolute Gasteiger partial charge is 0.470 e. The highest BCUT2D eigenvalue weighted by molar-refractivity contribution is 5.94. The minimum atomic E-state index is -4.81. The fourth-order valence-corrected chi connectivity index (χ4v) is 3.09. The molecule has 2 heterocycles. The second-order valence-corrected chi connectivity index (χ2v) is 6.79. The van der Waals surface area contributed by atoms with Gasteiger partial charge < -0.3 is 19.3 Å². The first kappa shape index (κ1) is 20.7. The molecule has 0 radical (unpaired) electrons. The number of ether oxygens (including phenoxy) is 2. The van der Waals surface area contributed by atoms with Crippen molar-refractivity contribution in [2.75, 3.05) is 32.1 Å². The predicted octanol–water partition coefficient (Wildman–Crippen LogP) is 3.12. The maximum atomic E-state index is 12.8. The number of nitrogens with zero attached hydrogens (tertiary/aromatic N) is 4. The van der Waals surface area contributed by atoms with Crippen molar-refractivity contribution in [1.29, 1.82) is 0 Å². The molecule has 10 heteroatoms. The molecule has 1 unspecified atom stereocenters. The van der Waals surface area contributed by atoms with E-state index in [9.17, 15) is 18.0 Å². The van der Waals surface area contributed by atoms with Gasteiger partial charge in [0.25, 0.3) is 11.8 Å². The Morgan fingerprint density at radius 1 is 1.24 bits per heavy atom. The van der Waals surface area contributed by atoms with E-state index in [2.05, 4.69) is 14.7 Å². The Morgan fingerprint density at radius 2 is 2.00 bits per heavy atom. The summed E-state index contributed by atoms with van der Waals surface area (Å²) in [6.45, 7) is 0.788. The van der Waals surface area contributed by atoms with Crippen LogP contribution >= 0.6 is 0 Å². The topological polar surface area (TPSA) is 67.8 Å². The zero-order valence-electron chi connectivity index (χ0n) is 16.0. The first-order valence-corrected chi connectivity index (χ1v) is 9.03. The molecular formula is C19H21F3N4O3. The standard InChI is InChI=1S/C19H21F3N4O3/c1-25(2)16-17(24-9-8-23-16)28-15-7-4-10-26(12-15)18(27)13-5-3-6-14(11-13)29-19(20,21)22/h3,5-6,8-9,11,15H,4,7,10,12H2,1-2H3. The van der Waals surface area contributed by atoms with Crippen LogP contribution in [0, 0.1) is 0 Å². The summed E-state index contributed by atoms with van der Waals surface area (Å²) in [5, 5.41) is 0. The second kappa shape index (κ2) is 8.54. The molecule has 1 atom stereocenters. The van der Waals surface area contributed by atoms with Crippen molar-refractivity contribution in [3.8, 4) is 11.6 Å². The van der Waals surface area contributed by atoms with E-state index in [4.69, 9.17) is 4.74 Å². The number of likely N-dealkylation sites (tertiary alicyclic amines) is 1. The first-order valence-electron chi connectivity index (χ1n) is 9.03. The Bertz CT molecular complexity index is 861. The van der Waals surface area contributed by atoms with Crippen molar-refractivity contribution < 1.29 is 27.4 Å². The van der Waals surface area contributed by atoms with Crippen LogP contribution in [0.25, 0.3) is 0 Å². The molecule has 29 heavy (non-hydrogen) atoms. The normalized spacial score (nSPS) is 17.0. The van der Waals surface area contributed by atoms with Gasteiger partial charge in [-0.25, -0.2) is 9.97 Å². The van der Waals surface area contributed by atoms with Gasteiger partial charge >= 0.3 is 6.36 Å². The van der Waals surface area contributed by atoms with Gasteiger partial charge in [0.15, 0.2) is 5.82 Å². The Hall–Kier alpha value is -3.04. The summed E-state index contributed by atoms with van der Waals surface area (Å²) in [4.78, 5) is 24.6. The summed E-state index contributed by atoms with van der Waals surface area (Å²) in [5.74, 6) is 0.145. The van der Waals surface area contributed by atoms with Crippen molar-refractivity contribution in [1.82, 2.24) is 14.9 Å². The molecular weight excluding hydrogens is 389 g/mol. The summed E-state index contributed by atoms with van der Waals surface area (Å²) in [7, 11) is 3.65. The van der Waals surface area contributed by atoms with Crippen molar-refractivity contribution in [3.05, 3.63) is 42.2 Å². The number of amides is 1. The number of rotatable bonds is 5. The summed E-state index contributed by atoms with van der Waals surface area (Å²) >= 11 is 0. The zero-order valence-corrected chi connectivity index (χ0v) is 16.0. The molecule has 2 aromatic rings. The number of halogens is 3. The van der Waals surface area contributed by atoms with E-state index in [1.54, 1.807) is 16.0 Å². The summed E-state index contributed by atoms with van der Waals surface area (Å²) in [6.07, 6.45) is -0.587. The highest BCUT2D eigenvalue weighted by atomic mass is 19.4. The third-order valence-corrected chi connectivity index (χ3v) is 4.33. The highest BCUT2D eigenvalue weighted by Gasteiger charge is 2.32. The molecule has 1 aliphatic rings. The van der Waals surface area contributed by atoms with E-state index in [-0.39, 0.29) is 17.6 Å². The summed E-state index contributed by atoms with van der Waals surface area (Å²) < 4.78 is 47.2. The Labute approximate surface area is 166 Å². The van der Waals surface area contributed by atoms with Gasteiger partial charge in [-0.3, -0.25) is 4.79 Å². The van der Waals surface area contributed by atoms with Crippen molar-refractivity contribution in [2.45, 2.75) is 25.3 Å². The van der Waals surface area contributed by atoms with Gasteiger partial charge in [0, 0.05) is 38.6 Å². The van der Waals surface area contributed by atoms with Gasteiger partial charge in [-0.2, -0.15) is 0 Å². The molecule has 0 spiro atoms.